The van der Waals surface area contributed by atoms with Crippen LogP contribution in [-0.2, 0) is 4.79 Å². The lowest BCUT2D eigenvalue weighted by Crippen LogP contribution is -2.60. The molecule has 0 radical (unpaired) electrons. The van der Waals surface area contributed by atoms with E-state index in [0.29, 0.717) is 23.2 Å². The van der Waals surface area contributed by atoms with Crippen LogP contribution in [0.25, 0.3) is 0 Å². The van der Waals surface area contributed by atoms with E-state index in [1.807, 2.05) is 0 Å². The molecule has 2 aliphatic heterocycles. The zero-order valence-corrected chi connectivity index (χ0v) is 18.8. The van der Waals surface area contributed by atoms with E-state index >= 15 is 0 Å². The van der Waals surface area contributed by atoms with Crippen LogP contribution in [0.3, 0.4) is 0 Å². The fourth-order valence-corrected chi connectivity index (χ4v) is 6.56. The topological polar surface area (TPSA) is 26.8 Å². The van der Waals surface area contributed by atoms with Crippen LogP contribution in [0.15, 0.2) is 0 Å². The fourth-order valence-electron chi connectivity index (χ4n) is 6.56. The van der Waals surface area contributed by atoms with Gasteiger partial charge in [0.2, 0.25) is 0 Å². The number of piperidine rings is 1. The van der Waals surface area contributed by atoms with Crippen molar-refractivity contribution in [1.82, 2.24) is 14.7 Å². The third-order valence-electron chi connectivity index (χ3n) is 8.81. The second kappa shape index (κ2) is 8.35. The molecule has 4 nitrogen and oxygen atoms in total. The Balaban J connectivity index is 1.15. The van der Waals surface area contributed by atoms with E-state index in [2.05, 4.69) is 42.4 Å². The monoisotopic (exact) mass is 389 g/mol. The number of hydrogen-bond acceptors (Lipinski definition) is 4. The highest BCUT2D eigenvalue weighted by atomic mass is 16.1. The maximum absolute atomic E-state index is 12.4. The third-order valence-corrected chi connectivity index (χ3v) is 8.81. The lowest BCUT2D eigenvalue weighted by atomic mass is 9.48. The van der Waals surface area contributed by atoms with Gasteiger partial charge in [0.25, 0.3) is 0 Å². The average Bonchev–Trinajstić information content (AvgIpc) is 2.65. The van der Waals surface area contributed by atoms with Gasteiger partial charge < -0.3 is 4.90 Å². The molecule has 160 valence electrons. The first kappa shape index (κ1) is 20.8. The van der Waals surface area contributed by atoms with Crippen LogP contribution in [0.4, 0.5) is 0 Å². The highest BCUT2D eigenvalue weighted by molar-refractivity contribution is 5.84. The Morgan fingerprint density at radius 1 is 0.857 bits per heavy atom. The van der Waals surface area contributed by atoms with Crippen molar-refractivity contribution >= 4 is 5.78 Å². The lowest BCUT2D eigenvalue weighted by Gasteiger charge is -2.60. The molecule has 1 spiro atoms. The standard InChI is InChI=1S/C24H43N3O/c1-5-19(4)23(28)20-14-24(15-20)16-22(17-24)26-8-6-21(7-9-26)27-12-10-25(11-13-27)18(2)3/h18-22H,5-17H2,1-4H3. The van der Waals surface area contributed by atoms with Crippen molar-refractivity contribution in [3.8, 4) is 0 Å². The van der Waals surface area contributed by atoms with Crippen molar-refractivity contribution < 1.29 is 4.79 Å². The molecule has 4 heteroatoms. The van der Waals surface area contributed by atoms with Gasteiger partial charge in [-0.05, 0) is 77.3 Å². The maximum Gasteiger partial charge on any atom is 0.138 e. The van der Waals surface area contributed by atoms with Gasteiger partial charge in [-0.1, -0.05) is 13.8 Å². The van der Waals surface area contributed by atoms with Crippen LogP contribution in [0, 0.1) is 17.3 Å². The first-order chi connectivity index (χ1) is 13.4. The zero-order chi connectivity index (χ0) is 19.9. The van der Waals surface area contributed by atoms with Crippen molar-refractivity contribution in [2.24, 2.45) is 17.3 Å². The summed E-state index contributed by atoms with van der Waals surface area (Å²) < 4.78 is 0. The molecule has 0 bridgehead atoms. The quantitative estimate of drug-likeness (QED) is 0.693. The summed E-state index contributed by atoms with van der Waals surface area (Å²) in [5.41, 5.74) is 0.558. The van der Waals surface area contributed by atoms with Crippen molar-refractivity contribution in [1.29, 1.82) is 0 Å². The third kappa shape index (κ3) is 4.06. The molecule has 2 saturated heterocycles. The van der Waals surface area contributed by atoms with Crippen molar-refractivity contribution in [3.05, 3.63) is 0 Å². The Morgan fingerprint density at radius 3 is 1.96 bits per heavy atom. The Kier molecular flexibility index (Phi) is 6.21. The van der Waals surface area contributed by atoms with Crippen molar-refractivity contribution in [2.45, 2.75) is 90.8 Å². The minimum absolute atomic E-state index is 0.277. The number of nitrogens with zero attached hydrogens (tertiary/aromatic N) is 3. The number of carbonyl (C=O) groups excluding carboxylic acids is 1. The van der Waals surface area contributed by atoms with E-state index in [4.69, 9.17) is 0 Å². The lowest BCUT2D eigenvalue weighted by molar-refractivity contribution is -0.145. The molecule has 0 N–H and O–H groups in total. The van der Waals surface area contributed by atoms with Crippen molar-refractivity contribution in [2.75, 3.05) is 39.3 Å². The van der Waals surface area contributed by atoms with Crippen LogP contribution in [0.5, 0.6) is 0 Å². The molecule has 4 fully saturated rings. The summed E-state index contributed by atoms with van der Waals surface area (Å²) in [7, 11) is 0. The van der Waals surface area contributed by atoms with Gasteiger partial charge in [-0.3, -0.25) is 14.6 Å². The number of piperazine rings is 1. The molecule has 0 aromatic rings. The predicted molar refractivity (Wildman–Crippen MR) is 116 cm³/mol. The largest absolute Gasteiger partial charge is 0.300 e. The molecule has 1 unspecified atom stereocenters. The van der Waals surface area contributed by atoms with Gasteiger partial charge in [0.1, 0.15) is 5.78 Å². The van der Waals surface area contributed by atoms with Crippen LogP contribution in [-0.4, -0.2) is 77.9 Å². The number of carbonyl (C=O) groups is 1. The highest BCUT2D eigenvalue weighted by Crippen LogP contribution is 2.60. The van der Waals surface area contributed by atoms with E-state index in [1.165, 1.54) is 77.8 Å². The van der Waals surface area contributed by atoms with Gasteiger partial charge >= 0.3 is 0 Å². The molecular formula is C24H43N3O. The van der Waals surface area contributed by atoms with Crippen LogP contribution in [0.2, 0.25) is 0 Å². The zero-order valence-electron chi connectivity index (χ0n) is 18.8. The van der Waals surface area contributed by atoms with Gasteiger partial charge in [0.15, 0.2) is 0 Å². The first-order valence-corrected chi connectivity index (χ1v) is 12.2. The molecule has 2 aliphatic carbocycles. The molecule has 1 atom stereocenters. The van der Waals surface area contributed by atoms with Gasteiger partial charge in [0, 0.05) is 56.1 Å². The smallest absolute Gasteiger partial charge is 0.138 e. The summed E-state index contributed by atoms with van der Waals surface area (Å²) in [6.07, 6.45) is 8.86. The Morgan fingerprint density at radius 2 is 1.43 bits per heavy atom. The van der Waals surface area contributed by atoms with E-state index in [9.17, 15) is 4.79 Å². The predicted octanol–water partition coefficient (Wildman–Crippen LogP) is 3.65. The minimum Gasteiger partial charge on any atom is -0.300 e. The van der Waals surface area contributed by atoms with Crippen LogP contribution in [0.1, 0.15) is 72.6 Å². The Bertz CT molecular complexity index is 532. The summed E-state index contributed by atoms with van der Waals surface area (Å²) in [5.74, 6) is 1.22. The number of Topliss-reactive ketones (excluding diaryl/α,β-unsaturated/α-hetero) is 1. The Labute approximate surface area is 173 Å². The van der Waals surface area contributed by atoms with E-state index < -0.39 is 0 Å². The summed E-state index contributed by atoms with van der Waals surface area (Å²) in [4.78, 5) is 20.6. The summed E-state index contributed by atoms with van der Waals surface area (Å²) >= 11 is 0. The number of likely N-dealkylation sites (tertiary alicyclic amines) is 1. The number of ketones is 1. The van der Waals surface area contributed by atoms with Crippen LogP contribution >= 0.6 is 0 Å². The van der Waals surface area contributed by atoms with Gasteiger partial charge in [-0.25, -0.2) is 0 Å². The second-order valence-electron chi connectivity index (χ2n) is 10.8. The normalized spacial score (nSPS) is 37.0. The van der Waals surface area contributed by atoms with Crippen molar-refractivity contribution in [3.63, 3.8) is 0 Å². The second-order valence-corrected chi connectivity index (χ2v) is 10.8. The summed E-state index contributed by atoms with van der Waals surface area (Å²) in [6, 6.07) is 2.33. The molecule has 28 heavy (non-hydrogen) atoms. The first-order valence-electron chi connectivity index (χ1n) is 12.2. The Hall–Kier alpha value is -0.450. The number of rotatable bonds is 6. The molecule has 0 aromatic heterocycles. The highest BCUT2D eigenvalue weighted by Gasteiger charge is 2.56. The summed E-state index contributed by atoms with van der Waals surface area (Å²) in [5, 5.41) is 0. The van der Waals surface area contributed by atoms with Gasteiger partial charge in [-0.2, -0.15) is 0 Å². The van der Waals surface area contributed by atoms with Crippen LogP contribution < -0.4 is 0 Å². The molecule has 0 aromatic carbocycles. The van der Waals surface area contributed by atoms with E-state index in [1.54, 1.807) is 0 Å². The van der Waals surface area contributed by atoms with Gasteiger partial charge in [0.05, 0.1) is 0 Å². The molecule has 0 amide bonds. The molecule has 4 aliphatic rings. The summed E-state index contributed by atoms with van der Waals surface area (Å²) in [6.45, 7) is 16.5. The number of hydrogen-bond donors (Lipinski definition) is 0. The fraction of sp³-hybridized carbons (Fsp3) is 0.958. The van der Waals surface area contributed by atoms with E-state index in [0.717, 1.165) is 18.5 Å². The minimum atomic E-state index is 0.277. The molecule has 4 rings (SSSR count). The maximum atomic E-state index is 12.4. The van der Waals surface area contributed by atoms with E-state index in [-0.39, 0.29) is 5.92 Å². The molecule has 2 saturated carbocycles. The SMILES string of the molecule is CCC(C)C(=O)C1CC2(C1)CC(N1CCC(N3CCN(C(C)C)CC3)CC1)C2. The average molecular weight is 390 g/mol. The molecular weight excluding hydrogens is 346 g/mol. The molecule has 2 heterocycles. The van der Waals surface area contributed by atoms with Gasteiger partial charge in [-0.15, -0.1) is 0 Å².